The molecule has 0 aliphatic carbocycles. The van der Waals surface area contributed by atoms with Gasteiger partial charge in [-0.1, -0.05) is 19.4 Å². The van der Waals surface area contributed by atoms with E-state index in [1.54, 1.807) is 12.1 Å². The number of hydrogen-bond acceptors (Lipinski definition) is 8. The minimum Gasteiger partial charge on any atom is -0.469 e. The molecular weight excluding hydrogens is 452 g/mol. The van der Waals surface area contributed by atoms with Gasteiger partial charge in [0.1, 0.15) is 18.3 Å². The van der Waals surface area contributed by atoms with E-state index in [0.717, 1.165) is 4.31 Å². The molecule has 176 valence electrons. The van der Waals surface area contributed by atoms with Crippen molar-refractivity contribution < 1.29 is 32.0 Å². The second-order valence-corrected chi connectivity index (χ2v) is 9.69. The van der Waals surface area contributed by atoms with Crippen LogP contribution < -0.4 is 10.1 Å². The highest BCUT2D eigenvalue weighted by molar-refractivity contribution is 7.89. The summed E-state index contributed by atoms with van der Waals surface area (Å²) >= 11 is 0. The topological polar surface area (TPSA) is 139 Å². The summed E-state index contributed by atoms with van der Waals surface area (Å²) in [4.78, 5) is 43.7. The molecule has 2 aromatic heterocycles. The number of hydrogen-bond donors (Lipinski definition) is 1. The second kappa shape index (κ2) is 9.32. The predicted octanol–water partition coefficient (Wildman–Crippen LogP) is 1.17. The number of furan rings is 1. The van der Waals surface area contributed by atoms with Gasteiger partial charge in [-0.2, -0.15) is 4.31 Å². The number of ketones is 1. The van der Waals surface area contributed by atoms with Gasteiger partial charge in [0.2, 0.25) is 5.91 Å². The van der Waals surface area contributed by atoms with Gasteiger partial charge in [0.25, 0.3) is 10.0 Å². The standard InChI is InChI=1S/C21H24N4O7S/c1-2-5-15(23-21(28)32-14-8-11-31-13-14)20(27)24-10-7-16-19(24)17(26)12-25(16)33(29,30)18-6-3-4-9-22-18/h3-4,6,8-9,11,13,15-16,19H,2,5,7,10,12H2,1H3,(H,23,28). The van der Waals surface area contributed by atoms with Crippen molar-refractivity contribution in [1.29, 1.82) is 0 Å². The lowest BCUT2D eigenvalue weighted by Crippen LogP contribution is -2.53. The van der Waals surface area contributed by atoms with Crippen molar-refractivity contribution >= 4 is 27.8 Å². The molecule has 4 heterocycles. The zero-order valence-electron chi connectivity index (χ0n) is 17.9. The van der Waals surface area contributed by atoms with Crippen LogP contribution in [-0.4, -0.2) is 71.6 Å². The highest BCUT2D eigenvalue weighted by Gasteiger charge is 2.54. The molecule has 0 aromatic carbocycles. The molecule has 4 rings (SSSR count). The van der Waals surface area contributed by atoms with E-state index >= 15 is 0 Å². The van der Waals surface area contributed by atoms with Crippen molar-refractivity contribution in [3.63, 3.8) is 0 Å². The van der Waals surface area contributed by atoms with Crippen LogP contribution in [0.5, 0.6) is 5.75 Å². The Morgan fingerprint density at radius 1 is 1.33 bits per heavy atom. The van der Waals surface area contributed by atoms with Crippen LogP contribution in [0.2, 0.25) is 0 Å². The summed E-state index contributed by atoms with van der Waals surface area (Å²) in [5, 5.41) is 2.40. The molecule has 2 aliphatic rings. The van der Waals surface area contributed by atoms with Crippen molar-refractivity contribution in [2.75, 3.05) is 13.1 Å². The number of Topliss-reactive ketones (excluding diaryl/α,β-unsaturated/α-hetero) is 1. The van der Waals surface area contributed by atoms with E-state index < -0.39 is 40.1 Å². The lowest BCUT2D eigenvalue weighted by atomic mass is 10.1. The van der Waals surface area contributed by atoms with Crippen LogP contribution in [0.1, 0.15) is 26.2 Å². The largest absolute Gasteiger partial charge is 0.469 e. The Morgan fingerprint density at radius 2 is 2.15 bits per heavy atom. The molecule has 1 N–H and O–H groups in total. The molecule has 3 atom stereocenters. The summed E-state index contributed by atoms with van der Waals surface area (Å²) in [6.45, 7) is 1.73. The van der Waals surface area contributed by atoms with Crippen LogP contribution in [0.3, 0.4) is 0 Å². The molecule has 0 bridgehead atoms. The van der Waals surface area contributed by atoms with Crippen molar-refractivity contribution in [3.05, 3.63) is 43.0 Å². The monoisotopic (exact) mass is 476 g/mol. The maximum Gasteiger partial charge on any atom is 0.413 e. The summed E-state index contributed by atoms with van der Waals surface area (Å²) in [7, 11) is -3.99. The lowest BCUT2D eigenvalue weighted by Gasteiger charge is -2.27. The molecular formula is C21H24N4O7S. The number of pyridine rings is 1. The molecule has 3 unspecified atom stereocenters. The first-order valence-corrected chi connectivity index (χ1v) is 12.0. The molecule has 33 heavy (non-hydrogen) atoms. The van der Waals surface area contributed by atoms with Gasteiger partial charge < -0.3 is 19.4 Å². The molecule has 2 fully saturated rings. The van der Waals surface area contributed by atoms with Gasteiger partial charge in [-0.25, -0.2) is 18.2 Å². The Kier molecular flexibility index (Phi) is 6.47. The Bertz CT molecular complexity index is 1120. The van der Waals surface area contributed by atoms with Gasteiger partial charge >= 0.3 is 6.09 Å². The third kappa shape index (κ3) is 4.48. The van der Waals surface area contributed by atoms with Crippen molar-refractivity contribution in [2.45, 2.75) is 49.3 Å². The molecule has 2 saturated heterocycles. The summed E-state index contributed by atoms with van der Waals surface area (Å²) in [6, 6.07) is 3.50. The number of fused-ring (bicyclic) bond motifs is 1. The summed E-state index contributed by atoms with van der Waals surface area (Å²) in [6.07, 6.45) is 4.38. The van der Waals surface area contributed by atoms with Gasteiger partial charge in [0.05, 0.1) is 18.8 Å². The fourth-order valence-electron chi connectivity index (χ4n) is 4.30. The summed E-state index contributed by atoms with van der Waals surface area (Å²) in [5.41, 5.74) is 0. The SMILES string of the molecule is CCCC(NC(=O)Oc1ccoc1)C(=O)N1CCC2C1C(=O)CN2S(=O)(=O)c1ccccn1. The van der Waals surface area contributed by atoms with Crippen molar-refractivity contribution in [3.8, 4) is 5.75 Å². The fourth-order valence-corrected chi connectivity index (χ4v) is 5.85. The van der Waals surface area contributed by atoms with Gasteiger partial charge in [-0.05, 0) is 25.0 Å². The highest BCUT2D eigenvalue weighted by atomic mass is 32.2. The Labute approximate surface area is 190 Å². The van der Waals surface area contributed by atoms with Gasteiger partial charge in [-0.15, -0.1) is 0 Å². The maximum atomic E-state index is 13.3. The minimum absolute atomic E-state index is 0.143. The van der Waals surface area contributed by atoms with E-state index in [4.69, 9.17) is 9.15 Å². The third-order valence-electron chi connectivity index (χ3n) is 5.74. The lowest BCUT2D eigenvalue weighted by molar-refractivity contribution is -0.138. The number of carbonyl (C=O) groups is 3. The van der Waals surface area contributed by atoms with Gasteiger partial charge in [-0.3, -0.25) is 9.59 Å². The number of amides is 2. The number of carbonyl (C=O) groups excluding carboxylic acids is 3. The maximum absolute atomic E-state index is 13.3. The Morgan fingerprint density at radius 3 is 2.82 bits per heavy atom. The van der Waals surface area contributed by atoms with E-state index in [0.29, 0.717) is 19.3 Å². The van der Waals surface area contributed by atoms with E-state index in [1.807, 2.05) is 6.92 Å². The number of ether oxygens (including phenoxy) is 1. The fraction of sp³-hybridized carbons (Fsp3) is 0.429. The first kappa shape index (κ1) is 22.9. The van der Waals surface area contributed by atoms with Gasteiger partial charge in [0, 0.05) is 18.8 Å². The van der Waals surface area contributed by atoms with Crippen molar-refractivity contribution in [1.82, 2.24) is 19.5 Å². The smallest absolute Gasteiger partial charge is 0.413 e. The number of likely N-dealkylation sites (tertiary alicyclic amines) is 1. The first-order chi connectivity index (χ1) is 15.8. The molecule has 0 saturated carbocycles. The predicted molar refractivity (Wildman–Crippen MR) is 114 cm³/mol. The number of nitrogens with zero attached hydrogens (tertiary/aromatic N) is 3. The molecule has 0 spiro atoms. The second-order valence-electron chi connectivity index (χ2n) is 7.85. The first-order valence-electron chi connectivity index (χ1n) is 10.6. The van der Waals surface area contributed by atoms with E-state index in [1.165, 1.54) is 35.8 Å². The Hall–Kier alpha value is -3.25. The van der Waals surface area contributed by atoms with Crippen LogP contribution in [0.25, 0.3) is 0 Å². The zero-order valence-corrected chi connectivity index (χ0v) is 18.7. The van der Waals surface area contributed by atoms with Crippen LogP contribution in [0, 0.1) is 0 Å². The average Bonchev–Trinajstić information content (AvgIpc) is 3.53. The molecule has 2 amide bonds. The number of rotatable bonds is 7. The summed E-state index contributed by atoms with van der Waals surface area (Å²) in [5.74, 6) is -0.613. The normalized spacial score (nSPS) is 21.6. The van der Waals surface area contributed by atoms with Crippen molar-refractivity contribution in [2.24, 2.45) is 0 Å². The van der Waals surface area contributed by atoms with Gasteiger partial charge in [0.15, 0.2) is 16.6 Å². The Balaban J connectivity index is 1.49. The molecule has 12 heteroatoms. The third-order valence-corrected chi connectivity index (χ3v) is 7.53. The van der Waals surface area contributed by atoms with Crippen LogP contribution in [0.4, 0.5) is 4.79 Å². The highest BCUT2D eigenvalue weighted by Crippen LogP contribution is 2.34. The van der Waals surface area contributed by atoms with Crippen LogP contribution in [0.15, 0.2) is 52.4 Å². The number of aromatic nitrogens is 1. The summed E-state index contributed by atoms with van der Waals surface area (Å²) < 4.78 is 37.2. The van der Waals surface area contributed by atoms with E-state index in [9.17, 15) is 22.8 Å². The minimum atomic E-state index is -3.99. The molecule has 0 radical (unpaired) electrons. The average molecular weight is 477 g/mol. The molecule has 11 nitrogen and oxygen atoms in total. The zero-order chi connectivity index (χ0) is 23.6. The number of nitrogens with one attached hydrogen (secondary N) is 1. The van der Waals surface area contributed by atoms with E-state index in [-0.39, 0.29) is 29.6 Å². The molecule has 2 aliphatic heterocycles. The quantitative estimate of drug-likeness (QED) is 0.628. The van der Waals surface area contributed by atoms with Crippen LogP contribution >= 0.6 is 0 Å². The number of sulfonamides is 1. The van der Waals surface area contributed by atoms with E-state index in [2.05, 4.69) is 10.3 Å². The molecule has 2 aromatic rings. The van der Waals surface area contributed by atoms with Crippen LogP contribution in [-0.2, 0) is 19.6 Å².